The normalized spacial score (nSPS) is 13.6. The summed E-state index contributed by atoms with van der Waals surface area (Å²) in [6.07, 6.45) is 0.672. The van der Waals surface area contributed by atoms with Crippen LogP contribution in [0.25, 0.3) is 0 Å². The van der Waals surface area contributed by atoms with Gasteiger partial charge in [0.2, 0.25) is 0 Å². The third-order valence-electron chi connectivity index (χ3n) is 3.11. The Hall–Kier alpha value is -1.32. The molecule has 21 heavy (non-hydrogen) atoms. The molecule has 0 aliphatic rings. The van der Waals surface area contributed by atoms with Gasteiger partial charge >= 0.3 is 0 Å². The summed E-state index contributed by atoms with van der Waals surface area (Å²) in [5.74, 6) is 0. The monoisotopic (exact) mass is 318 g/mol. The van der Waals surface area contributed by atoms with Crippen molar-refractivity contribution in [2.75, 3.05) is 6.61 Å². The van der Waals surface area contributed by atoms with Gasteiger partial charge in [-0.2, -0.15) is 5.26 Å². The highest BCUT2D eigenvalue weighted by Crippen LogP contribution is 2.42. The topological polar surface area (TPSA) is 70.0 Å². The Bertz CT molecular complexity index is 619. The van der Waals surface area contributed by atoms with Crippen LogP contribution in [0.5, 0.6) is 0 Å². The van der Waals surface area contributed by atoms with Gasteiger partial charge in [-0.15, -0.1) is 23.1 Å². The Labute approximate surface area is 133 Å². The molecule has 1 aromatic carbocycles. The standard InChI is InChI=1S/C16H18N2OS2/c1-11-7-15(16(9-17)20-11)21-14(8-13(18)10-19)12-5-3-2-4-6-12/h2-7,13-14,19H,8,10,18H2,1H3/t13-,14+/m0/s1. The average molecular weight is 318 g/mol. The maximum Gasteiger partial charge on any atom is 0.118 e. The molecular weight excluding hydrogens is 300 g/mol. The number of aliphatic hydroxyl groups is 1. The molecule has 0 saturated heterocycles. The SMILES string of the molecule is Cc1cc(S[C@H](C[C@H](N)CO)c2ccccc2)c(C#N)s1. The number of aryl methyl sites for hydroxylation is 1. The summed E-state index contributed by atoms with van der Waals surface area (Å²) in [6.45, 7) is 1.98. The van der Waals surface area contributed by atoms with E-state index < -0.39 is 0 Å². The zero-order valence-electron chi connectivity index (χ0n) is 11.8. The number of thioether (sulfide) groups is 1. The lowest BCUT2D eigenvalue weighted by Crippen LogP contribution is -2.26. The van der Waals surface area contributed by atoms with Crippen LogP contribution in [0.15, 0.2) is 41.3 Å². The molecule has 0 aliphatic carbocycles. The van der Waals surface area contributed by atoms with Crippen molar-refractivity contribution in [1.29, 1.82) is 5.26 Å². The van der Waals surface area contributed by atoms with Gasteiger partial charge in [0, 0.05) is 21.1 Å². The van der Waals surface area contributed by atoms with E-state index in [0.29, 0.717) is 6.42 Å². The van der Waals surface area contributed by atoms with E-state index in [1.807, 2.05) is 31.2 Å². The van der Waals surface area contributed by atoms with E-state index in [4.69, 9.17) is 5.73 Å². The van der Waals surface area contributed by atoms with E-state index in [9.17, 15) is 10.4 Å². The van der Waals surface area contributed by atoms with Crippen molar-refractivity contribution in [3.63, 3.8) is 0 Å². The van der Waals surface area contributed by atoms with E-state index in [2.05, 4.69) is 18.2 Å². The number of aliphatic hydroxyl groups excluding tert-OH is 1. The molecule has 0 aliphatic heterocycles. The van der Waals surface area contributed by atoms with Gasteiger partial charge in [0.15, 0.2) is 0 Å². The van der Waals surface area contributed by atoms with Crippen molar-refractivity contribution in [1.82, 2.24) is 0 Å². The smallest absolute Gasteiger partial charge is 0.118 e. The van der Waals surface area contributed by atoms with Crippen molar-refractivity contribution in [3.8, 4) is 6.07 Å². The first-order valence-electron chi connectivity index (χ1n) is 6.72. The van der Waals surface area contributed by atoms with Crippen LogP contribution in [0.4, 0.5) is 0 Å². The molecule has 0 amide bonds. The molecule has 2 rings (SSSR count). The highest BCUT2D eigenvalue weighted by molar-refractivity contribution is 7.99. The molecule has 5 heteroatoms. The largest absolute Gasteiger partial charge is 0.395 e. The Morgan fingerprint density at radius 2 is 2.10 bits per heavy atom. The molecule has 0 spiro atoms. The number of nitriles is 1. The van der Waals surface area contributed by atoms with Crippen LogP contribution in [0.2, 0.25) is 0 Å². The van der Waals surface area contributed by atoms with E-state index >= 15 is 0 Å². The first-order valence-corrected chi connectivity index (χ1v) is 8.42. The zero-order valence-corrected chi connectivity index (χ0v) is 13.5. The zero-order chi connectivity index (χ0) is 15.2. The second kappa shape index (κ2) is 7.62. The summed E-state index contributed by atoms with van der Waals surface area (Å²) in [4.78, 5) is 2.88. The lowest BCUT2D eigenvalue weighted by atomic mass is 10.1. The number of thiophene rings is 1. The minimum absolute atomic E-state index is 0.0301. The first kappa shape index (κ1) is 16.1. The number of benzene rings is 1. The van der Waals surface area contributed by atoms with Crippen LogP contribution in [0, 0.1) is 18.3 Å². The van der Waals surface area contributed by atoms with Crippen LogP contribution in [0.1, 0.15) is 27.0 Å². The third-order valence-corrected chi connectivity index (χ3v) is 5.52. The van der Waals surface area contributed by atoms with Crippen molar-refractivity contribution >= 4 is 23.1 Å². The van der Waals surface area contributed by atoms with Gasteiger partial charge in [0.1, 0.15) is 10.9 Å². The predicted molar refractivity (Wildman–Crippen MR) is 88.5 cm³/mol. The van der Waals surface area contributed by atoms with Crippen molar-refractivity contribution in [3.05, 3.63) is 51.7 Å². The summed E-state index contributed by atoms with van der Waals surface area (Å²) < 4.78 is 0. The van der Waals surface area contributed by atoms with Crippen LogP contribution >= 0.6 is 23.1 Å². The number of hydrogen-bond acceptors (Lipinski definition) is 5. The minimum Gasteiger partial charge on any atom is -0.395 e. The van der Waals surface area contributed by atoms with Gasteiger partial charge in [-0.25, -0.2) is 0 Å². The van der Waals surface area contributed by atoms with Crippen molar-refractivity contribution < 1.29 is 5.11 Å². The molecule has 0 unspecified atom stereocenters. The summed E-state index contributed by atoms with van der Waals surface area (Å²) in [5.41, 5.74) is 7.08. The average Bonchev–Trinajstić information content (AvgIpc) is 2.87. The third kappa shape index (κ3) is 4.32. The Balaban J connectivity index is 2.25. The van der Waals surface area contributed by atoms with Gasteiger partial charge in [-0.1, -0.05) is 30.3 Å². The number of rotatable bonds is 6. The molecule has 3 nitrogen and oxygen atoms in total. The first-order chi connectivity index (χ1) is 10.1. The minimum atomic E-state index is -0.257. The van der Waals surface area contributed by atoms with Crippen LogP contribution in [-0.4, -0.2) is 17.8 Å². The van der Waals surface area contributed by atoms with E-state index in [-0.39, 0.29) is 17.9 Å². The van der Waals surface area contributed by atoms with Crippen LogP contribution in [0.3, 0.4) is 0 Å². The predicted octanol–water partition coefficient (Wildman–Crippen LogP) is 3.47. The number of nitrogens with zero attached hydrogens (tertiary/aromatic N) is 1. The van der Waals surface area contributed by atoms with Gasteiger partial charge < -0.3 is 10.8 Å². The molecule has 2 aromatic rings. The fraction of sp³-hybridized carbons (Fsp3) is 0.312. The Kier molecular flexibility index (Phi) is 5.83. The second-order valence-corrected chi connectivity index (χ2v) is 7.36. The fourth-order valence-electron chi connectivity index (χ4n) is 2.08. The van der Waals surface area contributed by atoms with Gasteiger partial charge in [-0.3, -0.25) is 0 Å². The van der Waals surface area contributed by atoms with E-state index in [1.54, 1.807) is 11.8 Å². The van der Waals surface area contributed by atoms with Crippen LogP contribution in [-0.2, 0) is 0 Å². The van der Waals surface area contributed by atoms with Crippen molar-refractivity contribution in [2.45, 2.75) is 29.5 Å². The van der Waals surface area contributed by atoms with Crippen molar-refractivity contribution in [2.24, 2.45) is 5.73 Å². The maximum atomic E-state index is 9.23. The molecule has 0 radical (unpaired) electrons. The lowest BCUT2D eigenvalue weighted by Gasteiger charge is -2.19. The quantitative estimate of drug-likeness (QED) is 0.800. The molecule has 2 atom stereocenters. The summed E-state index contributed by atoms with van der Waals surface area (Å²) in [6, 6.07) is 14.1. The molecule has 0 bridgehead atoms. The Morgan fingerprint density at radius 3 is 2.71 bits per heavy atom. The summed E-state index contributed by atoms with van der Waals surface area (Å²) in [5, 5.41) is 18.6. The van der Waals surface area contributed by atoms with Gasteiger partial charge in [-0.05, 0) is 25.0 Å². The number of nitrogens with two attached hydrogens (primary N) is 1. The number of hydrogen-bond donors (Lipinski definition) is 2. The molecule has 0 saturated carbocycles. The molecular formula is C16H18N2OS2. The van der Waals surface area contributed by atoms with Crippen LogP contribution < -0.4 is 5.73 Å². The molecule has 110 valence electrons. The van der Waals surface area contributed by atoms with Gasteiger partial charge in [0.05, 0.1) is 6.61 Å². The summed E-state index contributed by atoms with van der Waals surface area (Å²) in [7, 11) is 0. The fourth-order valence-corrected chi connectivity index (χ4v) is 4.47. The highest BCUT2D eigenvalue weighted by atomic mass is 32.2. The summed E-state index contributed by atoms with van der Waals surface area (Å²) >= 11 is 3.17. The lowest BCUT2D eigenvalue weighted by molar-refractivity contribution is 0.259. The van der Waals surface area contributed by atoms with Gasteiger partial charge in [0.25, 0.3) is 0 Å². The maximum absolute atomic E-state index is 9.23. The molecule has 1 heterocycles. The van der Waals surface area contributed by atoms with E-state index in [0.717, 1.165) is 14.6 Å². The molecule has 1 aromatic heterocycles. The highest BCUT2D eigenvalue weighted by Gasteiger charge is 2.19. The molecule has 3 N–H and O–H groups in total. The molecule has 0 fully saturated rings. The van der Waals surface area contributed by atoms with E-state index in [1.165, 1.54) is 16.9 Å². The second-order valence-electron chi connectivity index (χ2n) is 4.86. The Morgan fingerprint density at radius 1 is 1.38 bits per heavy atom.